The van der Waals surface area contributed by atoms with Crippen molar-refractivity contribution in [1.82, 2.24) is 4.90 Å². The van der Waals surface area contributed by atoms with Crippen molar-refractivity contribution in [2.24, 2.45) is 0 Å². The normalized spacial score (nSPS) is 16.5. The van der Waals surface area contributed by atoms with Gasteiger partial charge in [0.15, 0.2) is 0 Å². The SMILES string of the molecule is CN(C)C(C)(c1ccccc1)C(C)(C)O. The highest BCUT2D eigenvalue weighted by Gasteiger charge is 2.42. The summed E-state index contributed by atoms with van der Waals surface area (Å²) in [4.78, 5) is 2.06. The maximum atomic E-state index is 10.3. The summed E-state index contributed by atoms with van der Waals surface area (Å²) >= 11 is 0. The van der Waals surface area contributed by atoms with E-state index in [-0.39, 0.29) is 5.54 Å². The van der Waals surface area contributed by atoms with Gasteiger partial charge in [0.1, 0.15) is 0 Å². The maximum Gasteiger partial charge on any atom is 0.0813 e. The predicted molar refractivity (Wildman–Crippen MR) is 63.8 cm³/mol. The first-order valence-corrected chi connectivity index (χ1v) is 5.25. The molecule has 2 nitrogen and oxygen atoms in total. The molecule has 0 aliphatic rings. The number of nitrogens with zero attached hydrogens (tertiary/aromatic N) is 1. The lowest BCUT2D eigenvalue weighted by Gasteiger charge is -2.46. The van der Waals surface area contributed by atoms with E-state index in [2.05, 4.69) is 24.0 Å². The number of hydrogen-bond acceptors (Lipinski definition) is 2. The quantitative estimate of drug-likeness (QED) is 0.821. The molecule has 0 aliphatic carbocycles. The van der Waals surface area contributed by atoms with Crippen LogP contribution in [-0.4, -0.2) is 29.7 Å². The minimum absolute atomic E-state index is 0.381. The monoisotopic (exact) mass is 207 g/mol. The lowest BCUT2D eigenvalue weighted by molar-refractivity contribution is -0.0681. The van der Waals surface area contributed by atoms with Crippen LogP contribution in [0.15, 0.2) is 30.3 Å². The van der Waals surface area contributed by atoms with Crippen LogP contribution in [0.3, 0.4) is 0 Å². The van der Waals surface area contributed by atoms with Gasteiger partial charge in [-0.2, -0.15) is 0 Å². The third-order valence-corrected chi connectivity index (χ3v) is 3.42. The molecule has 0 spiro atoms. The summed E-state index contributed by atoms with van der Waals surface area (Å²) in [5.74, 6) is 0. The van der Waals surface area contributed by atoms with E-state index in [4.69, 9.17) is 0 Å². The summed E-state index contributed by atoms with van der Waals surface area (Å²) in [5.41, 5.74) is -0.0472. The number of benzene rings is 1. The van der Waals surface area contributed by atoms with Gasteiger partial charge in [-0.15, -0.1) is 0 Å². The molecule has 0 saturated heterocycles. The van der Waals surface area contributed by atoms with E-state index in [1.807, 2.05) is 46.1 Å². The van der Waals surface area contributed by atoms with E-state index in [1.165, 1.54) is 0 Å². The second-order valence-electron chi connectivity index (χ2n) is 4.89. The fourth-order valence-electron chi connectivity index (χ4n) is 1.92. The summed E-state index contributed by atoms with van der Waals surface area (Å²) in [6.07, 6.45) is 0. The fraction of sp³-hybridized carbons (Fsp3) is 0.538. The average molecular weight is 207 g/mol. The second-order valence-corrected chi connectivity index (χ2v) is 4.89. The highest BCUT2D eigenvalue weighted by Crippen LogP contribution is 2.36. The van der Waals surface area contributed by atoms with Gasteiger partial charge in [0.05, 0.1) is 11.1 Å². The number of rotatable bonds is 3. The Labute approximate surface area is 92.5 Å². The number of likely N-dealkylation sites (N-methyl/N-ethyl adjacent to an activating group) is 1. The molecule has 0 aliphatic heterocycles. The predicted octanol–water partition coefficient (Wildman–Crippen LogP) is 2.23. The van der Waals surface area contributed by atoms with Crippen molar-refractivity contribution in [3.63, 3.8) is 0 Å². The zero-order valence-corrected chi connectivity index (χ0v) is 10.3. The second kappa shape index (κ2) is 3.95. The van der Waals surface area contributed by atoms with Crippen molar-refractivity contribution in [2.75, 3.05) is 14.1 Å². The Bertz CT molecular complexity index is 313. The van der Waals surface area contributed by atoms with Gasteiger partial charge >= 0.3 is 0 Å². The van der Waals surface area contributed by atoms with Gasteiger partial charge in [0, 0.05) is 0 Å². The highest BCUT2D eigenvalue weighted by molar-refractivity contribution is 5.27. The lowest BCUT2D eigenvalue weighted by atomic mass is 9.77. The largest absolute Gasteiger partial charge is 0.388 e. The zero-order valence-electron chi connectivity index (χ0n) is 10.3. The van der Waals surface area contributed by atoms with Crippen LogP contribution in [0, 0.1) is 0 Å². The van der Waals surface area contributed by atoms with Crippen LogP contribution >= 0.6 is 0 Å². The van der Waals surface area contributed by atoms with Gasteiger partial charge in [-0.05, 0) is 40.4 Å². The molecule has 2 heteroatoms. The zero-order chi connectivity index (χ0) is 11.7. The third kappa shape index (κ3) is 2.06. The molecule has 0 saturated carbocycles. The van der Waals surface area contributed by atoms with Crippen molar-refractivity contribution in [3.05, 3.63) is 35.9 Å². The van der Waals surface area contributed by atoms with Gasteiger partial charge in [-0.3, -0.25) is 4.90 Å². The molecule has 1 aromatic carbocycles. The van der Waals surface area contributed by atoms with Crippen LogP contribution in [0.4, 0.5) is 0 Å². The standard InChI is InChI=1S/C13H21NO/c1-12(2,15)13(3,14(4)5)11-9-7-6-8-10-11/h6-10,15H,1-5H3. The molecule has 1 aromatic rings. The van der Waals surface area contributed by atoms with Crippen molar-refractivity contribution >= 4 is 0 Å². The molecule has 0 fully saturated rings. The van der Waals surface area contributed by atoms with Gasteiger partial charge in [0.2, 0.25) is 0 Å². The van der Waals surface area contributed by atoms with E-state index in [0.717, 1.165) is 5.56 Å². The summed E-state index contributed by atoms with van der Waals surface area (Å²) in [7, 11) is 3.98. The van der Waals surface area contributed by atoms with E-state index in [9.17, 15) is 5.11 Å². The van der Waals surface area contributed by atoms with Crippen LogP contribution in [0.5, 0.6) is 0 Å². The molecular weight excluding hydrogens is 186 g/mol. The van der Waals surface area contributed by atoms with E-state index < -0.39 is 5.60 Å². The molecule has 15 heavy (non-hydrogen) atoms. The summed E-state index contributed by atoms with van der Waals surface area (Å²) < 4.78 is 0. The first kappa shape index (κ1) is 12.2. The molecule has 0 radical (unpaired) electrons. The fourth-order valence-corrected chi connectivity index (χ4v) is 1.92. The Balaban J connectivity index is 3.26. The number of aliphatic hydroxyl groups is 1. The van der Waals surface area contributed by atoms with Crippen molar-refractivity contribution in [2.45, 2.75) is 31.9 Å². The molecule has 1 atom stereocenters. The maximum absolute atomic E-state index is 10.3. The molecule has 0 aromatic heterocycles. The average Bonchev–Trinajstić information content (AvgIpc) is 2.16. The Kier molecular flexibility index (Phi) is 3.22. The molecule has 1 rings (SSSR count). The van der Waals surface area contributed by atoms with Crippen molar-refractivity contribution in [1.29, 1.82) is 0 Å². The van der Waals surface area contributed by atoms with Gasteiger partial charge in [0.25, 0.3) is 0 Å². The first-order valence-electron chi connectivity index (χ1n) is 5.25. The molecule has 0 heterocycles. The Morgan fingerprint density at radius 1 is 1.00 bits per heavy atom. The summed E-state index contributed by atoms with van der Waals surface area (Å²) in [5, 5.41) is 10.3. The van der Waals surface area contributed by atoms with Gasteiger partial charge < -0.3 is 5.11 Å². The summed E-state index contributed by atoms with van der Waals surface area (Å²) in [6.45, 7) is 5.75. The molecule has 84 valence electrons. The minimum Gasteiger partial charge on any atom is -0.388 e. The molecule has 0 amide bonds. The van der Waals surface area contributed by atoms with Crippen LogP contribution in [-0.2, 0) is 5.54 Å². The van der Waals surface area contributed by atoms with Crippen LogP contribution in [0.2, 0.25) is 0 Å². The number of hydrogen-bond donors (Lipinski definition) is 1. The third-order valence-electron chi connectivity index (χ3n) is 3.42. The Morgan fingerprint density at radius 3 is 1.80 bits per heavy atom. The lowest BCUT2D eigenvalue weighted by Crippen LogP contribution is -2.54. The van der Waals surface area contributed by atoms with Crippen LogP contribution < -0.4 is 0 Å². The van der Waals surface area contributed by atoms with Crippen LogP contribution in [0.1, 0.15) is 26.3 Å². The smallest absolute Gasteiger partial charge is 0.0813 e. The topological polar surface area (TPSA) is 23.5 Å². The Morgan fingerprint density at radius 2 is 1.47 bits per heavy atom. The minimum atomic E-state index is -0.794. The highest BCUT2D eigenvalue weighted by atomic mass is 16.3. The Hall–Kier alpha value is -0.860. The molecular formula is C13H21NO. The molecule has 1 unspecified atom stereocenters. The van der Waals surface area contributed by atoms with Gasteiger partial charge in [-0.25, -0.2) is 0 Å². The van der Waals surface area contributed by atoms with E-state index in [1.54, 1.807) is 0 Å². The van der Waals surface area contributed by atoms with Crippen molar-refractivity contribution < 1.29 is 5.11 Å². The van der Waals surface area contributed by atoms with Gasteiger partial charge in [-0.1, -0.05) is 30.3 Å². The molecule has 1 N–H and O–H groups in total. The van der Waals surface area contributed by atoms with E-state index >= 15 is 0 Å². The molecule has 0 bridgehead atoms. The van der Waals surface area contributed by atoms with Crippen LogP contribution in [0.25, 0.3) is 0 Å². The first-order chi connectivity index (χ1) is 6.80. The summed E-state index contributed by atoms with van der Waals surface area (Å²) in [6, 6.07) is 10.1. The van der Waals surface area contributed by atoms with E-state index in [0.29, 0.717) is 0 Å². The van der Waals surface area contributed by atoms with Crippen molar-refractivity contribution in [3.8, 4) is 0 Å².